The fraction of sp³-hybridized carbons (Fsp3) is 0.333. The monoisotopic (exact) mass is 288 g/mol. The van der Waals surface area contributed by atoms with Gasteiger partial charge < -0.3 is 5.32 Å². The van der Waals surface area contributed by atoms with Crippen LogP contribution in [0.3, 0.4) is 0 Å². The van der Waals surface area contributed by atoms with Gasteiger partial charge >= 0.3 is 0 Å². The quantitative estimate of drug-likeness (QED) is 0.900. The van der Waals surface area contributed by atoms with Crippen LogP contribution in [-0.4, -0.2) is 34.1 Å². The molecule has 2 aromatic rings. The Morgan fingerprint density at radius 3 is 2.95 bits per heavy atom. The van der Waals surface area contributed by atoms with E-state index in [4.69, 9.17) is 0 Å². The molecule has 0 radical (unpaired) electrons. The van der Waals surface area contributed by atoms with Gasteiger partial charge in [-0.25, -0.2) is 4.39 Å². The first-order valence-corrected chi connectivity index (χ1v) is 6.92. The van der Waals surface area contributed by atoms with E-state index < -0.39 is 6.04 Å². The number of carbonyl (C=O) groups is 1. The summed E-state index contributed by atoms with van der Waals surface area (Å²) in [4.78, 5) is 14.2. The molecular formula is C15H17FN4O. The van der Waals surface area contributed by atoms with Gasteiger partial charge in [0.05, 0.1) is 6.20 Å². The normalized spacial score (nSPS) is 19.5. The summed E-state index contributed by atoms with van der Waals surface area (Å²) in [5.41, 5.74) is 2.40. The fourth-order valence-corrected chi connectivity index (χ4v) is 2.67. The number of benzene rings is 1. The van der Waals surface area contributed by atoms with E-state index in [1.165, 1.54) is 6.07 Å². The van der Waals surface area contributed by atoms with Crippen LogP contribution in [0.4, 0.5) is 4.39 Å². The van der Waals surface area contributed by atoms with Gasteiger partial charge in [-0.3, -0.25) is 14.8 Å². The van der Waals surface area contributed by atoms with Gasteiger partial charge in [-0.1, -0.05) is 18.2 Å². The number of aryl methyl sites for hydroxylation is 1. The highest BCUT2D eigenvalue weighted by atomic mass is 19.1. The zero-order valence-electron chi connectivity index (χ0n) is 11.8. The van der Waals surface area contributed by atoms with E-state index in [9.17, 15) is 9.18 Å². The molecule has 0 aliphatic carbocycles. The number of carbonyl (C=O) groups excluding carboxylic acids is 1. The van der Waals surface area contributed by atoms with Gasteiger partial charge in [-0.05, 0) is 13.0 Å². The molecule has 1 atom stereocenters. The number of aromatic amines is 1. The van der Waals surface area contributed by atoms with Crippen molar-refractivity contribution in [3.8, 4) is 0 Å². The van der Waals surface area contributed by atoms with Crippen LogP contribution < -0.4 is 5.32 Å². The number of hydrogen-bond acceptors (Lipinski definition) is 3. The molecule has 2 heterocycles. The molecule has 1 aromatic heterocycles. The fourth-order valence-electron chi connectivity index (χ4n) is 2.67. The van der Waals surface area contributed by atoms with Crippen LogP contribution in [0, 0.1) is 12.7 Å². The molecule has 1 fully saturated rings. The van der Waals surface area contributed by atoms with Crippen LogP contribution in [0.15, 0.2) is 30.5 Å². The summed E-state index contributed by atoms with van der Waals surface area (Å²) in [6, 6.07) is 5.83. The van der Waals surface area contributed by atoms with Crippen molar-refractivity contribution in [1.29, 1.82) is 0 Å². The van der Waals surface area contributed by atoms with Gasteiger partial charge in [-0.2, -0.15) is 5.10 Å². The lowest BCUT2D eigenvalue weighted by Gasteiger charge is -2.35. The molecule has 0 spiro atoms. The second kappa shape index (κ2) is 5.65. The molecule has 0 bridgehead atoms. The molecule has 1 unspecified atom stereocenters. The first kappa shape index (κ1) is 13.8. The topological polar surface area (TPSA) is 61.0 Å². The number of H-pyrrole nitrogens is 1. The van der Waals surface area contributed by atoms with Crippen LogP contribution in [0.1, 0.15) is 22.9 Å². The van der Waals surface area contributed by atoms with E-state index in [2.05, 4.69) is 15.5 Å². The maximum atomic E-state index is 14.1. The standard InChI is InChI=1S/C15H17FN4O/c1-10-11(8-18-19-10)9-20-7-6-17-15(21)14(20)12-4-2-3-5-13(12)16/h2-5,8,14H,6-7,9H2,1H3,(H,17,21)(H,18,19). The summed E-state index contributed by atoms with van der Waals surface area (Å²) in [6.45, 7) is 3.75. The Balaban J connectivity index is 1.92. The Morgan fingerprint density at radius 2 is 2.24 bits per heavy atom. The molecule has 110 valence electrons. The summed E-state index contributed by atoms with van der Waals surface area (Å²) in [6.07, 6.45) is 1.75. The minimum absolute atomic E-state index is 0.160. The summed E-state index contributed by atoms with van der Waals surface area (Å²) in [5.74, 6) is -0.513. The van der Waals surface area contributed by atoms with Crippen LogP contribution >= 0.6 is 0 Å². The summed E-state index contributed by atoms with van der Waals surface area (Å²) in [7, 11) is 0. The largest absolute Gasteiger partial charge is 0.353 e. The maximum absolute atomic E-state index is 14.1. The lowest BCUT2D eigenvalue weighted by Crippen LogP contribution is -2.49. The average Bonchev–Trinajstić information content (AvgIpc) is 2.86. The van der Waals surface area contributed by atoms with Crippen molar-refractivity contribution < 1.29 is 9.18 Å². The zero-order valence-corrected chi connectivity index (χ0v) is 11.8. The molecule has 0 saturated carbocycles. The summed E-state index contributed by atoms with van der Waals surface area (Å²) in [5, 5.41) is 9.69. The molecule has 5 nitrogen and oxygen atoms in total. The maximum Gasteiger partial charge on any atom is 0.242 e. The second-order valence-corrected chi connectivity index (χ2v) is 5.21. The van der Waals surface area contributed by atoms with Crippen LogP contribution in [-0.2, 0) is 11.3 Å². The van der Waals surface area contributed by atoms with Gasteiger partial charge in [0.25, 0.3) is 0 Å². The first-order chi connectivity index (χ1) is 10.2. The van der Waals surface area contributed by atoms with Crippen molar-refractivity contribution in [2.45, 2.75) is 19.5 Å². The van der Waals surface area contributed by atoms with Crippen molar-refractivity contribution in [2.24, 2.45) is 0 Å². The molecule has 21 heavy (non-hydrogen) atoms. The van der Waals surface area contributed by atoms with Crippen LogP contribution in [0.25, 0.3) is 0 Å². The molecule has 3 rings (SSSR count). The molecule has 1 saturated heterocycles. The third kappa shape index (κ3) is 2.67. The number of hydrogen-bond donors (Lipinski definition) is 2. The number of rotatable bonds is 3. The molecule has 1 aromatic carbocycles. The Hall–Kier alpha value is -2.21. The summed E-state index contributed by atoms with van der Waals surface area (Å²) < 4.78 is 14.1. The minimum Gasteiger partial charge on any atom is -0.353 e. The summed E-state index contributed by atoms with van der Waals surface area (Å²) >= 11 is 0. The molecule has 1 aliphatic rings. The first-order valence-electron chi connectivity index (χ1n) is 6.92. The molecule has 2 N–H and O–H groups in total. The number of piperazine rings is 1. The predicted octanol–water partition coefficient (Wildman–Crippen LogP) is 1.53. The average molecular weight is 288 g/mol. The number of nitrogens with one attached hydrogen (secondary N) is 2. The Morgan fingerprint density at radius 1 is 1.43 bits per heavy atom. The molecule has 1 aliphatic heterocycles. The Kier molecular flexibility index (Phi) is 3.70. The zero-order chi connectivity index (χ0) is 14.8. The Bertz CT molecular complexity index is 655. The number of halogens is 1. The highest BCUT2D eigenvalue weighted by molar-refractivity contribution is 5.84. The van der Waals surface area contributed by atoms with Crippen molar-refractivity contribution in [2.75, 3.05) is 13.1 Å². The minimum atomic E-state index is -0.603. The second-order valence-electron chi connectivity index (χ2n) is 5.21. The van der Waals surface area contributed by atoms with E-state index in [1.54, 1.807) is 24.4 Å². The van der Waals surface area contributed by atoms with Crippen molar-refractivity contribution >= 4 is 5.91 Å². The van der Waals surface area contributed by atoms with Gasteiger partial charge in [0, 0.05) is 36.5 Å². The lowest BCUT2D eigenvalue weighted by molar-refractivity contribution is -0.129. The van der Waals surface area contributed by atoms with Crippen molar-refractivity contribution in [3.63, 3.8) is 0 Å². The molecule has 6 heteroatoms. The van der Waals surface area contributed by atoms with E-state index >= 15 is 0 Å². The highest BCUT2D eigenvalue weighted by Gasteiger charge is 2.33. The smallest absolute Gasteiger partial charge is 0.242 e. The van der Waals surface area contributed by atoms with Crippen LogP contribution in [0.5, 0.6) is 0 Å². The van der Waals surface area contributed by atoms with Crippen molar-refractivity contribution in [1.82, 2.24) is 20.4 Å². The van der Waals surface area contributed by atoms with Gasteiger partial charge in [-0.15, -0.1) is 0 Å². The van der Waals surface area contributed by atoms with E-state index in [1.807, 2.05) is 11.8 Å². The van der Waals surface area contributed by atoms with Crippen LogP contribution in [0.2, 0.25) is 0 Å². The van der Waals surface area contributed by atoms with Gasteiger partial charge in [0.1, 0.15) is 11.9 Å². The third-order valence-corrected chi connectivity index (χ3v) is 3.82. The number of aromatic nitrogens is 2. The van der Waals surface area contributed by atoms with E-state index in [0.717, 1.165) is 11.3 Å². The SMILES string of the molecule is Cc1[nH]ncc1CN1CCNC(=O)C1c1ccccc1F. The van der Waals surface area contributed by atoms with E-state index in [0.29, 0.717) is 25.2 Å². The highest BCUT2D eigenvalue weighted by Crippen LogP contribution is 2.27. The number of nitrogens with zero attached hydrogens (tertiary/aromatic N) is 2. The predicted molar refractivity (Wildman–Crippen MR) is 75.9 cm³/mol. The Labute approximate surface area is 122 Å². The third-order valence-electron chi connectivity index (χ3n) is 3.82. The van der Waals surface area contributed by atoms with Gasteiger partial charge in [0.15, 0.2) is 0 Å². The molecule has 1 amide bonds. The van der Waals surface area contributed by atoms with Crippen molar-refractivity contribution in [3.05, 3.63) is 53.1 Å². The van der Waals surface area contributed by atoms with E-state index in [-0.39, 0.29) is 11.7 Å². The molecular weight excluding hydrogens is 271 g/mol. The number of amides is 1. The van der Waals surface area contributed by atoms with Gasteiger partial charge in [0.2, 0.25) is 5.91 Å². The lowest BCUT2D eigenvalue weighted by atomic mass is 10.0.